The first-order valence-corrected chi connectivity index (χ1v) is 9.41. The highest BCUT2D eigenvalue weighted by atomic mass is 16.5. The highest BCUT2D eigenvalue weighted by Gasteiger charge is 2.43. The van der Waals surface area contributed by atoms with Crippen LogP contribution in [0.4, 0.5) is 0 Å². The van der Waals surface area contributed by atoms with Gasteiger partial charge in [0.1, 0.15) is 11.8 Å². The Bertz CT molecular complexity index is 774. The van der Waals surface area contributed by atoms with Crippen LogP contribution in [-0.4, -0.2) is 23.2 Å². The van der Waals surface area contributed by atoms with Crippen LogP contribution in [0, 0.1) is 0 Å². The first-order chi connectivity index (χ1) is 12.6. The number of methoxy groups -OCH3 is 1. The molecule has 0 saturated heterocycles. The van der Waals surface area contributed by atoms with Crippen LogP contribution in [0.1, 0.15) is 74.7 Å². The number of amides is 1. The van der Waals surface area contributed by atoms with Crippen molar-refractivity contribution < 1.29 is 14.1 Å². The van der Waals surface area contributed by atoms with Gasteiger partial charge >= 0.3 is 0 Å². The van der Waals surface area contributed by atoms with Crippen LogP contribution < -0.4 is 10.1 Å². The van der Waals surface area contributed by atoms with Crippen LogP contribution in [0.5, 0.6) is 5.75 Å². The van der Waals surface area contributed by atoms with Crippen LogP contribution in [0.2, 0.25) is 0 Å². The molecule has 0 spiro atoms. The van der Waals surface area contributed by atoms with Crippen LogP contribution in [0.25, 0.3) is 0 Å². The Morgan fingerprint density at radius 1 is 1.27 bits per heavy atom. The minimum Gasteiger partial charge on any atom is -0.497 e. The molecule has 1 amide bonds. The molecule has 138 valence electrons. The fourth-order valence-electron chi connectivity index (χ4n) is 3.86. The molecular formula is C20H25N3O3. The van der Waals surface area contributed by atoms with Gasteiger partial charge in [-0.15, -0.1) is 0 Å². The molecule has 1 aromatic carbocycles. The Hall–Kier alpha value is -2.37. The monoisotopic (exact) mass is 355 g/mol. The van der Waals surface area contributed by atoms with Gasteiger partial charge in [0.15, 0.2) is 5.82 Å². The Balaban J connectivity index is 1.52. The molecular weight excluding hydrogens is 330 g/mol. The summed E-state index contributed by atoms with van der Waals surface area (Å²) in [5.74, 6) is 2.54. The van der Waals surface area contributed by atoms with Gasteiger partial charge in [0.2, 0.25) is 11.8 Å². The number of nitrogens with one attached hydrogen (secondary N) is 1. The number of rotatable bonds is 6. The molecule has 0 unspecified atom stereocenters. The number of hydrogen-bond donors (Lipinski definition) is 1. The zero-order chi connectivity index (χ0) is 18.1. The van der Waals surface area contributed by atoms with Crippen LogP contribution in [0.15, 0.2) is 28.8 Å². The van der Waals surface area contributed by atoms with E-state index in [1.165, 1.54) is 0 Å². The van der Waals surface area contributed by atoms with Crippen molar-refractivity contribution in [3.63, 3.8) is 0 Å². The summed E-state index contributed by atoms with van der Waals surface area (Å²) in [4.78, 5) is 17.7. The van der Waals surface area contributed by atoms with E-state index in [9.17, 15) is 4.79 Å². The summed E-state index contributed by atoms with van der Waals surface area (Å²) < 4.78 is 10.6. The van der Waals surface area contributed by atoms with Gasteiger partial charge in [-0.2, -0.15) is 4.98 Å². The quantitative estimate of drug-likeness (QED) is 0.856. The molecule has 1 N–H and O–H groups in total. The highest BCUT2D eigenvalue weighted by Crippen LogP contribution is 2.42. The van der Waals surface area contributed by atoms with Crippen LogP contribution in [-0.2, 0) is 10.2 Å². The van der Waals surface area contributed by atoms with Crippen molar-refractivity contribution in [2.45, 2.75) is 62.8 Å². The van der Waals surface area contributed by atoms with E-state index in [4.69, 9.17) is 9.26 Å². The van der Waals surface area contributed by atoms with Gasteiger partial charge in [0.25, 0.3) is 0 Å². The lowest BCUT2D eigenvalue weighted by atomic mass is 9.77. The first kappa shape index (κ1) is 17.1. The highest BCUT2D eigenvalue weighted by molar-refractivity contribution is 5.88. The number of hydrogen-bond acceptors (Lipinski definition) is 5. The van der Waals surface area contributed by atoms with Crippen LogP contribution in [0.3, 0.4) is 0 Å². The molecule has 2 aliphatic carbocycles. The number of benzene rings is 1. The molecule has 6 heteroatoms. The van der Waals surface area contributed by atoms with Crippen molar-refractivity contribution in [3.8, 4) is 5.75 Å². The second-order valence-corrected chi connectivity index (χ2v) is 7.48. The second kappa shape index (κ2) is 6.74. The number of ether oxygens (including phenoxy) is 1. The Kier molecular flexibility index (Phi) is 4.42. The molecule has 6 nitrogen and oxygen atoms in total. The maximum atomic E-state index is 13.2. The fourth-order valence-corrected chi connectivity index (χ4v) is 3.86. The van der Waals surface area contributed by atoms with Crippen LogP contribution >= 0.6 is 0 Å². The summed E-state index contributed by atoms with van der Waals surface area (Å²) in [6.07, 6.45) is 6.07. The standard InChI is InChI=1S/C20H25N3O3/c1-13(18-22-17(23-26-18)14-5-6-14)21-19(24)20(11-3-4-12-20)15-7-9-16(25-2)10-8-15/h7-10,13-14H,3-6,11-12H2,1-2H3,(H,21,24)/t13-/m1/s1. The zero-order valence-electron chi connectivity index (χ0n) is 15.3. The summed E-state index contributed by atoms with van der Waals surface area (Å²) in [6, 6.07) is 7.56. The van der Waals surface area contributed by atoms with E-state index >= 15 is 0 Å². The molecule has 1 aromatic heterocycles. The van der Waals surface area contributed by atoms with Crippen molar-refractivity contribution >= 4 is 5.91 Å². The molecule has 1 atom stereocenters. The fraction of sp³-hybridized carbons (Fsp3) is 0.550. The minimum atomic E-state index is -0.486. The third-order valence-corrected chi connectivity index (χ3v) is 5.65. The smallest absolute Gasteiger partial charge is 0.248 e. The molecule has 1 heterocycles. The van der Waals surface area contributed by atoms with Crippen molar-refractivity contribution in [3.05, 3.63) is 41.5 Å². The number of aromatic nitrogens is 2. The molecule has 4 rings (SSSR count). The molecule has 2 fully saturated rings. The normalized spacial score (nSPS) is 19.9. The Morgan fingerprint density at radius 2 is 1.96 bits per heavy atom. The third kappa shape index (κ3) is 3.08. The number of carbonyl (C=O) groups excluding carboxylic acids is 1. The third-order valence-electron chi connectivity index (χ3n) is 5.65. The number of carbonyl (C=O) groups is 1. The molecule has 2 saturated carbocycles. The summed E-state index contributed by atoms with van der Waals surface area (Å²) in [5.41, 5.74) is 0.560. The average Bonchev–Trinajstić information content (AvgIpc) is 3.19. The SMILES string of the molecule is COc1ccc(C2(C(=O)N[C@H](C)c3nc(C4CC4)no3)CCCC2)cc1. The van der Waals surface area contributed by atoms with Gasteiger partial charge in [0, 0.05) is 5.92 Å². The lowest BCUT2D eigenvalue weighted by Gasteiger charge is -2.29. The zero-order valence-corrected chi connectivity index (χ0v) is 15.3. The summed E-state index contributed by atoms with van der Waals surface area (Å²) in [5, 5.41) is 7.16. The van der Waals surface area contributed by atoms with E-state index in [1.807, 2.05) is 31.2 Å². The Morgan fingerprint density at radius 3 is 2.58 bits per heavy atom. The summed E-state index contributed by atoms with van der Waals surface area (Å²) in [7, 11) is 1.65. The van der Waals surface area contributed by atoms with E-state index in [0.717, 1.165) is 55.7 Å². The first-order valence-electron chi connectivity index (χ1n) is 9.41. The molecule has 0 bridgehead atoms. The lowest BCUT2D eigenvalue weighted by Crippen LogP contribution is -2.43. The lowest BCUT2D eigenvalue weighted by molar-refractivity contribution is -0.127. The van der Waals surface area contributed by atoms with Gasteiger partial charge in [-0.1, -0.05) is 30.1 Å². The molecule has 2 aliphatic rings. The van der Waals surface area contributed by atoms with Gasteiger partial charge in [0.05, 0.1) is 12.5 Å². The second-order valence-electron chi connectivity index (χ2n) is 7.48. The molecule has 2 aromatic rings. The van der Waals surface area contributed by atoms with Crippen molar-refractivity contribution in [2.75, 3.05) is 7.11 Å². The van der Waals surface area contributed by atoms with Gasteiger partial charge in [-0.25, -0.2) is 0 Å². The predicted molar refractivity (Wildman–Crippen MR) is 96.0 cm³/mol. The predicted octanol–water partition coefficient (Wildman–Crippen LogP) is 3.64. The topological polar surface area (TPSA) is 77.2 Å². The number of nitrogens with zero attached hydrogens (tertiary/aromatic N) is 2. The van der Waals surface area contributed by atoms with E-state index in [2.05, 4.69) is 15.5 Å². The minimum absolute atomic E-state index is 0.0406. The largest absolute Gasteiger partial charge is 0.497 e. The van der Waals surface area contributed by atoms with Gasteiger partial charge < -0.3 is 14.6 Å². The van der Waals surface area contributed by atoms with Crippen molar-refractivity contribution in [1.82, 2.24) is 15.5 Å². The molecule has 0 aliphatic heterocycles. The Labute approximate surface area is 153 Å². The maximum absolute atomic E-state index is 13.2. The van der Waals surface area contributed by atoms with E-state index in [0.29, 0.717) is 11.8 Å². The van der Waals surface area contributed by atoms with Gasteiger partial charge in [-0.05, 0) is 50.3 Å². The van der Waals surface area contributed by atoms with Gasteiger partial charge in [-0.3, -0.25) is 4.79 Å². The molecule has 26 heavy (non-hydrogen) atoms. The summed E-state index contributed by atoms with van der Waals surface area (Å²) in [6.45, 7) is 1.90. The van der Waals surface area contributed by atoms with Crippen molar-refractivity contribution in [1.29, 1.82) is 0 Å². The average molecular weight is 355 g/mol. The van der Waals surface area contributed by atoms with Crippen molar-refractivity contribution in [2.24, 2.45) is 0 Å². The molecule has 0 radical (unpaired) electrons. The van der Waals surface area contributed by atoms with E-state index in [-0.39, 0.29) is 11.9 Å². The maximum Gasteiger partial charge on any atom is 0.248 e. The van der Waals surface area contributed by atoms with E-state index < -0.39 is 5.41 Å². The summed E-state index contributed by atoms with van der Waals surface area (Å²) >= 11 is 0. The van der Waals surface area contributed by atoms with E-state index in [1.54, 1.807) is 7.11 Å².